The molecular formula is C14H13N3O2S. The molecule has 2 aromatic carbocycles. The number of nitrogens with two attached hydrogens (primary N) is 1. The van der Waals surface area contributed by atoms with E-state index in [0.717, 1.165) is 0 Å². The van der Waals surface area contributed by atoms with Crippen LogP contribution in [0.25, 0.3) is 0 Å². The van der Waals surface area contributed by atoms with Crippen LogP contribution in [0.2, 0.25) is 0 Å². The second kappa shape index (κ2) is 5.23. The van der Waals surface area contributed by atoms with Gasteiger partial charge in [-0.3, -0.25) is 4.72 Å². The van der Waals surface area contributed by atoms with Gasteiger partial charge in [-0.15, -0.1) is 0 Å². The fourth-order valence-corrected chi connectivity index (χ4v) is 3.13. The van der Waals surface area contributed by atoms with Crippen LogP contribution in [-0.2, 0) is 10.0 Å². The van der Waals surface area contributed by atoms with Crippen molar-refractivity contribution in [2.45, 2.75) is 11.8 Å². The zero-order valence-electron chi connectivity index (χ0n) is 10.8. The van der Waals surface area contributed by atoms with Crippen molar-refractivity contribution in [2.24, 2.45) is 0 Å². The number of sulfonamides is 1. The lowest BCUT2D eigenvalue weighted by Gasteiger charge is -2.11. The van der Waals surface area contributed by atoms with Gasteiger partial charge in [0.25, 0.3) is 10.0 Å². The van der Waals surface area contributed by atoms with Crippen LogP contribution in [0.1, 0.15) is 11.1 Å². The third-order valence-corrected chi connectivity index (χ3v) is 4.32. The first-order valence-corrected chi connectivity index (χ1v) is 7.30. The number of benzene rings is 2. The molecule has 0 fully saturated rings. The van der Waals surface area contributed by atoms with E-state index in [1.165, 1.54) is 24.3 Å². The standard InChI is InChI=1S/C14H13N3O2S/c1-10-4-2-3-5-14(10)20(18,19)17-13-7-6-12(16)8-11(13)9-15/h2-8,17H,16H2,1H3. The summed E-state index contributed by atoms with van der Waals surface area (Å²) in [6, 6.07) is 13.0. The number of aryl methyl sites for hydroxylation is 1. The van der Waals surface area contributed by atoms with E-state index in [2.05, 4.69) is 4.72 Å². The topological polar surface area (TPSA) is 96.0 Å². The lowest BCUT2D eigenvalue weighted by molar-refractivity contribution is 0.600. The van der Waals surface area contributed by atoms with Crippen molar-refractivity contribution >= 4 is 21.4 Å². The van der Waals surface area contributed by atoms with E-state index in [4.69, 9.17) is 11.0 Å². The predicted octanol–water partition coefficient (Wildman–Crippen LogP) is 2.25. The first-order chi connectivity index (χ1) is 9.44. The van der Waals surface area contributed by atoms with E-state index in [1.54, 1.807) is 25.1 Å². The van der Waals surface area contributed by atoms with Crippen LogP contribution in [0.5, 0.6) is 0 Å². The Morgan fingerprint density at radius 2 is 1.90 bits per heavy atom. The average molecular weight is 287 g/mol. The number of nitrogens with one attached hydrogen (secondary N) is 1. The first kappa shape index (κ1) is 13.9. The second-order valence-corrected chi connectivity index (χ2v) is 5.94. The number of anilines is 2. The molecule has 102 valence electrons. The zero-order chi connectivity index (χ0) is 14.8. The van der Waals surface area contributed by atoms with E-state index in [9.17, 15) is 8.42 Å². The van der Waals surface area contributed by atoms with Gasteiger partial charge in [0.2, 0.25) is 0 Å². The molecule has 0 unspecified atom stereocenters. The Kier molecular flexibility index (Phi) is 3.63. The van der Waals surface area contributed by atoms with Gasteiger partial charge in [-0.2, -0.15) is 5.26 Å². The molecule has 0 aliphatic carbocycles. The fraction of sp³-hybridized carbons (Fsp3) is 0.0714. The number of hydrogen-bond donors (Lipinski definition) is 2. The SMILES string of the molecule is Cc1ccccc1S(=O)(=O)Nc1ccc(N)cc1C#N. The van der Waals surface area contributed by atoms with Crippen molar-refractivity contribution < 1.29 is 8.42 Å². The fourth-order valence-electron chi connectivity index (χ4n) is 1.80. The summed E-state index contributed by atoms with van der Waals surface area (Å²) in [5.74, 6) is 0. The Labute approximate surface area is 117 Å². The highest BCUT2D eigenvalue weighted by Crippen LogP contribution is 2.23. The molecule has 0 aliphatic heterocycles. The summed E-state index contributed by atoms with van der Waals surface area (Å²) in [5, 5.41) is 9.02. The van der Waals surface area contributed by atoms with Crippen LogP contribution >= 0.6 is 0 Å². The van der Waals surface area contributed by atoms with Crippen molar-refractivity contribution in [3.05, 3.63) is 53.6 Å². The van der Waals surface area contributed by atoms with Gasteiger partial charge in [0, 0.05) is 5.69 Å². The van der Waals surface area contributed by atoms with Crippen LogP contribution in [0.3, 0.4) is 0 Å². The van der Waals surface area contributed by atoms with Gasteiger partial charge in [-0.25, -0.2) is 8.42 Å². The molecule has 0 aliphatic rings. The van der Waals surface area contributed by atoms with Gasteiger partial charge in [0.05, 0.1) is 16.1 Å². The molecule has 20 heavy (non-hydrogen) atoms. The van der Waals surface area contributed by atoms with Gasteiger partial charge in [0.1, 0.15) is 6.07 Å². The molecule has 6 heteroatoms. The molecule has 0 aromatic heterocycles. The first-order valence-electron chi connectivity index (χ1n) is 5.82. The Morgan fingerprint density at radius 3 is 2.55 bits per heavy atom. The summed E-state index contributed by atoms with van der Waals surface area (Å²) in [7, 11) is -3.73. The van der Waals surface area contributed by atoms with Crippen LogP contribution in [0, 0.1) is 18.3 Å². The molecule has 2 rings (SSSR count). The molecule has 0 amide bonds. The minimum atomic E-state index is -3.73. The number of nitrogens with zero attached hydrogens (tertiary/aromatic N) is 1. The Hall–Kier alpha value is -2.52. The second-order valence-electron chi connectivity index (χ2n) is 4.29. The summed E-state index contributed by atoms with van der Waals surface area (Å²) in [4.78, 5) is 0.181. The molecule has 5 nitrogen and oxygen atoms in total. The van der Waals surface area contributed by atoms with Gasteiger partial charge >= 0.3 is 0 Å². The summed E-state index contributed by atoms with van der Waals surface area (Å²) in [6.45, 7) is 1.71. The minimum Gasteiger partial charge on any atom is -0.399 e. The monoisotopic (exact) mass is 287 g/mol. The molecule has 0 heterocycles. The lowest BCUT2D eigenvalue weighted by Crippen LogP contribution is -2.15. The van der Waals surface area contributed by atoms with Crippen molar-refractivity contribution in [1.29, 1.82) is 5.26 Å². The van der Waals surface area contributed by atoms with Crippen molar-refractivity contribution in [3.8, 4) is 6.07 Å². The van der Waals surface area contributed by atoms with Crippen molar-refractivity contribution in [3.63, 3.8) is 0 Å². The van der Waals surface area contributed by atoms with E-state index < -0.39 is 10.0 Å². The zero-order valence-corrected chi connectivity index (χ0v) is 11.6. The highest BCUT2D eigenvalue weighted by atomic mass is 32.2. The number of hydrogen-bond acceptors (Lipinski definition) is 4. The van der Waals surface area contributed by atoms with E-state index in [1.807, 2.05) is 6.07 Å². The molecule has 0 bridgehead atoms. The lowest BCUT2D eigenvalue weighted by atomic mass is 10.2. The van der Waals surface area contributed by atoms with E-state index >= 15 is 0 Å². The summed E-state index contributed by atoms with van der Waals surface area (Å²) < 4.78 is 27.1. The predicted molar refractivity (Wildman–Crippen MR) is 77.6 cm³/mol. The Bertz CT molecular complexity index is 792. The molecule has 0 saturated heterocycles. The normalized spacial score (nSPS) is 10.8. The van der Waals surface area contributed by atoms with Gasteiger partial charge in [0.15, 0.2) is 0 Å². The summed E-state index contributed by atoms with van der Waals surface area (Å²) in [5.41, 5.74) is 7.01. The average Bonchev–Trinajstić information content (AvgIpc) is 2.41. The van der Waals surface area contributed by atoms with Crippen LogP contribution < -0.4 is 10.5 Å². The molecule has 0 radical (unpaired) electrons. The maximum absolute atomic E-state index is 12.3. The van der Waals surface area contributed by atoms with E-state index in [-0.39, 0.29) is 16.1 Å². The Morgan fingerprint density at radius 1 is 1.20 bits per heavy atom. The quantitative estimate of drug-likeness (QED) is 0.846. The molecule has 0 spiro atoms. The van der Waals surface area contributed by atoms with Gasteiger partial charge < -0.3 is 5.73 Å². The smallest absolute Gasteiger partial charge is 0.262 e. The summed E-state index contributed by atoms with van der Waals surface area (Å²) in [6.07, 6.45) is 0. The molecule has 0 atom stereocenters. The largest absolute Gasteiger partial charge is 0.399 e. The third-order valence-electron chi connectivity index (χ3n) is 2.79. The van der Waals surface area contributed by atoms with E-state index in [0.29, 0.717) is 11.3 Å². The molecule has 3 N–H and O–H groups in total. The Balaban J connectivity index is 2.45. The number of nitrogen functional groups attached to an aromatic ring is 1. The summed E-state index contributed by atoms with van der Waals surface area (Å²) >= 11 is 0. The maximum atomic E-state index is 12.3. The van der Waals surface area contributed by atoms with Crippen LogP contribution in [-0.4, -0.2) is 8.42 Å². The van der Waals surface area contributed by atoms with Gasteiger partial charge in [-0.05, 0) is 36.8 Å². The van der Waals surface area contributed by atoms with Crippen molar-refractivity contribution in [2.75, 3.05) is 10.5 Å². The highest BCUT2D eigenvalue weighted by molar-refractivity contribution is 7.92. The molecule has 0 saturated carbocycles. The van der Waals surface area contributed by atoms with Gasteiger partial charge in [-0.1, -0.05) is 18.2 Å². The van der Waals surface area contributed by atoms with Crippen LogP contribution in [0.4, 0.5) is 11.4 Å². The minimum absolute atomic E-state index is 0.181. The number of rotatable bonds is 3. The van der Waals surface area contributed by atoms with Crippen molar-refractivity contribution in [1.82, 2.24) is 0 Å². The van der Waals surface area contributed by atoms with Crippen LogP contribution in [0.15, 0.2) is 47.4 Å². The molecule has 2 aromatic rings. The number of nitriles is 1. The maximum Gasteiger partial charge on any atom is 0.262 e. The molecular weight excluding hydrogens is 274 g/mol. The third kappa shape index (κ3) is 2.73. The highest BCUT2D eigenvalue weighted by Gasteiger charge is 2.17.